The number of amides is 1. The zero-order chi connectivity index (χ0) is 20.1. The highest BCUT2D eigenvalue weighted by atomic mass is 32.2. The molecule has 0 unspecified atom stereocenters. The quantitative estimate of drug-likeness (QED) is 0.639. The fourth-order valence-corrected chi connectivity index (χ4v) is 2.97. The SMILES string of the molecule is CC[C@H](C)N(Cc1ccc(OC)c(OS(C)(=O)=O)c1)C(=O)CC(C)(C)C. The third-order valence-corrected chi connectivity index (χ3v) is 4.43. The molecular weight excluding hydrogens is 354 g/mol. The van der Waals surface area contributed by atoms with Crippen LogP contribution in [0.4, 0.5) is 0 Å². The van der Waals surface area contributed by atoms with Crippen LogP contribution < -0.4 is 8.92 Å². The summed E-state index contributed by atoms with van der Waals surface area (Å²) < 4.78 is 33.1. The lowest BCUT2D eigenvalue weighted by atomic mass is 9.91. The summed E-state index contributed by atoms with van der Waals surface area (Å²) in [6.07, 6.45) is 2.26. The predicted octanol–water partition coefficient (Wildman–Crippen LogP) is 3.60. The Balaban J connectivity index is 3.14. The molecule has 1 atom stereocenters. The molecule has 0 aromatic heterocycles. The average Bonchev–Trinajstić information content (AvgIpc) is 2.48. The van der Waals surface area contributed by atoms with Gasteiger partial charge in [0.1, 0.15) is 0 Å². The van der Waals surface area contributed by atoms with E-state index in [1.807, 2.05) is 45.6 Å². The minimum Gasteiger partial charge on any atom is -0.493 e. The Labute approximate surface area is 157 Å². The first kappa shape index (κ1) is 22.3. The Kier molecular flexibility index (Phi) is 7.50. The van der Waals surface area contributed by atoms with E-state index < -0.39 is 10.1 Å². The van der Waals surface area contributed by atoms with Gasteiger partial charge in [-0.15, -0.1) is 0 Å². The monoisotopic (exact) mass is 385 g/mol. The molecule has 0 fully saturated rings. The number of hydrogen-bond acceptors (Lipinski definition) is 5. The lowest BCUT2D eigenvalue weighted by Crippen LogP contribution is -2.39. The standard InChI is InChI=1S/C19H31NO5S/c1-8-14(2)20(18(21)12-19(3,4)5)13-15-9-10-16(24-6)17(11-15)25-26(7,22)23/h9-11,14H,8,12-13H2,1-7H3/t14-/m0/s1. The number of ether oxygens (including phenoxy) is 1. The molecule has 7 heteroatoms. The molecule has 0 aliphatic carbocycles. The van der Waals surface area contributed by atoms with Crippen LogP contribution in [0.3, 0.4) is 0 Å². The second kappa shape index (κ2) is 8.75. The second-order valence-corrected chi connectivity index (χ2v) is 9.36. The van der Waals surface area contributed by atoms with Crippen molar-refractivity contribution in [3.63, 3.8) is 0 Å². The smallest absolute Gasteiger partial charge is 0.306 e. The molecule has 0 N–H and O–H groups in total. The van der Waals surface area contributed by atoms with Crippen molar-refractivity contribution in [2.75, 3.05) is 13.4 Å². The molecule has 1 amide bonds. The lowest BCUT2D eigenvalue weighted by Gasteiger charge is -2.31. The van der Waals surface area contributed by atoms with Crippen LogP contribution in [0, 0.1) is 5.41 Å². The first-order valence-electron chi connectivity index (χ1n) is 8.72. The minimum absolute atomic E-state index is 0.0752. The van der Waals surface area contributed by atoms with Crippen molar-refractivity contribution in [3.05, 3.63) is 23.8 Å². The molecule has 0 heterocycles. The summed E-state index contributed by atoms with van der Waals surface area (Å²) >= 11 is 0. The Morgan fingerprint density at radius 3 is 2.31 bits per heavy atom. The van der Waals surface area contributed by atoms with Gasteiger partial charge in [-0.25, -0.2) is 0 Å². The molecule has 0 aliphatic heterocycles. The van der Waals surface area contributed by atoms with Gasteiger partial charge >= 0.3 is 10.1 Å². The lowest BCUT2D eigenvalue weighted by molar-refractivity contribution is -0.135. The molecule has 0 spiro atoms. The zero-order valence-electron chi connectivity index (χ0n) is 16.8. The molecule has 1 aromatic carbocycles. The minimum atomic E-state index is -3.68. The largest absolute Gasteiger partial charge is 0.493 e. The van der Waals surface area contributed by atoms with Gasteiger partial charge < -0.3 is 13.8 Å². The van der Waals surface area contributed by atoms with Crippen LogP contribution in [0.5, 0.6) is 11.5 Å². The van der Waals surface area contributed by atoms with Crippen LogP contribution in [0.15, 0.2) is 18.2 Å². The van der Waals surface area contributed by atoms with Gasteiger partial charge in [0.15, 0.2) is 11.5 Å². The second-order valence-electron chi connectivity index (χ2n) is 7.79. The van der Waals surface area contributed by atoms with Gasteiger partial charge in [-0.1, -0.05) is 33.8 Å². The number of hydrogen-bond donors (Lipinski definition) is 0. The first-order chi connectivity index (χ1) is 11.9. The third kappa shape index (κ3) is 7.23. The van der Waals surface area contributed by atoms with Crippen molar-refractivity contribution in [1.29, 1.82) is 0 Å². The van der Waals surface area contributed by atoms with E-state index in [1.165, 1.54) is 7.11 Å². The number of rotatable bonds is 8. The normalized spacial score (nSPS) is 13.2. The number of carbonyl (C=O) groups is 1. The van der Waals surface area contributed by atoms with Crippen molar-refractivity contribution in [2.45, 2.75) is 60.0 Å². The first-order valence-corrected chi connectivity index (χ1v) is 10.5. The van der Waals surface area contributed by atoms with Gasteiger partial charge in [0, 0.05) is 19.0 Å². The number of nitrogens with zero attached hydrogens (tertiary/aromatic N) is 1. The van der Waals surface area contributed by atoms with Gasteiger partial charge in [-0.2, -0.15) is 8.42 Å². The van der Waals surface area contributed by atoms with Gasteiger partial charge in [0.05, 0.1) is 13.4 Å². The summed E-state index contributed by atoms with van der Waals surface area (Å²) in [5, 5.41) is 0. The van der Waals surface area contributed by atoms with E-state index in [-0.39, 0.29) is 23.1 Å². The van der Waals surface area contributed by atoms with Crippen LogP contribution in [0.2, 0.25) is 0 Å². The summed E-state index contributed by atoms with van der Waals surface area (Å²) in [7, 11) is -2.23. The fourth-order valence-electron chi connectivity index (χ4n) is 2.51. The highest BCUT2D eigenvalue weighted by molar-refractivity contribution is 7.86. The van der Waals surface area contributed by atoms with Crippen LogP contribution in [-0.2, 0) is 21.5 Å². The van der Waals surface area contributed by atoms with Crippen LogP contribution in [0.1, 0.15) is 53.0 Å². The number of methoxy groups -OCH3 is 1. The van der Waals surface area contributed by atoms with Crippen LogP contribution in [-0.4, -0.2) is 38.6 Å². The van der Waals surface area contributed by atoms with E-state index in [1.54, 1.807) is 12.1 Å². The maximum absolute atomic E-state index is 12.8. The summed E-state index contributed by atoms with van der Waals surface area (Å²) in [5.74, 6) is 0.531. The van der Waals surface area contributed by atoms with Crippen molar-refractivity contribution < 1.29 is 22.1 Å². The van der Waals surface area contributed by atoms with Crippen molar-refractivity contribution >= 4 is 16.0 Å². The summed E-state index contributed by atoms with van der Waals surface area (Å²) in [5.41, 5.74) is 0.680. The van der Waals surface area contributed by atoms with E-state index in [2.05, 4.69) is 0 Å². The topological polar surface area (TPSA) is 72.9 Å². The van der Waals surface area contributed by atoms with Gasteiger partial charge in [0.25, 0.3) is 0 Å². The summed E-state index contributed by atoms with van der Waals surface area (Å²) in [6, 6.07) is 5.15. The highest BCUT2D eigenvalue weighted by Crippen LogP contribution is 2.30. The maximum Gasteiger partial charge on any atom is 0.306 e. The number of benzene rings is 1. The van der Waals surface area contributed by atoms with Crippen molar-refractivity contribution in [3.8, 4) is 11.5 Å². The molecular formula is C19H31NO5S. The molecule has 0 saturated carbocycles. The Morgan fingerprint density at radius 2 is 1.85 bits per heavy atom. The number of carbonyl (C=O) groups excluding carboxylic acids is 1. The average molecular weight is 386 g/mol. The summed E-state index contributed by atoms with van der Waals surface area (Å²) in [4.78, 5) is 14.6. The van der Waals surface area contributed by atoms with Gasteiger partial charge in [-0.3, -0.25) is 4.79 Å². The molecule has 0 bridgehead atoms. The van der Waals surface area contributed by atoms with E-state index in [0.717, 1.165) is 18.2 Å². The van der Waals surface area contributed by atoms with Crippen molar-refractivity contribution in [1.82, 2.24) is 4.90 Å². The van der Waals surface area contributed by atoms with E-state index in [0.29, 0.717) is 18.7 Å². The predicted molar refractivity (Wildman–Crippen MR) is 103 cm³/mol. The van der Waals surface area contributed by atoms with Crippen LogP contribution in [0.25, 0.3) is 0 Å². The van der Waals surface area contributed by atoms with E-state index >= 15 is 0 Å². The molecule has 1 aromatic rings. The highest BCUT2D eigenvalue weighted by Gasteiger charge is 2.25. The molecule has 0 aliphatic rings. The third-order valence-electron chi connectivity index (χ3n) is 3.95. The molecule has 26 heavy (non-hydrogen) atoms. The fraction of sp³-hybridized carbons (Fsp3) is 0.632. The maximum atomic E-state index is 12.8. The molecule has 6 nitrogen and oxygen atoms in total. The Morgan fingerprint density at radius 1 is 1.23 bits per heavy atom. The Bertz CT molecular complexity index is 722. The summed E-state index contributed by atoms with van der Waals surface area (Å²) in [6.45, 7) is 10.5. The zero-order valence-corrected chi connectivity index (χ0v) is 17.6. The van der Waals surface area contributed by atoms with E-state index in [4.69, 9.17) is 8.92 Å². The van der Waals surface area contributed by atoms with Gasteiger partial charge in [-0.05, 0) is 36.5 Å². The molecule has 1 rings (SSSR count). The van der Waals surface area contributed by atoms with Gasteiger partial charge in [0.2, 0.25) is 5.91 Å². The Hall–Kier alpha value is -1.76. The molecule has 0 saturated heterocycles. The molecule has 0 radical (unpaired) electrons. The molecule has 148 valence electrons. The van der Waals surface area contributed by atoms with E-state index in [9.17, 15) is 13.2 Å². The van der Waals surface area contributed by atoms with Crippen molar-refractivity contribution in [2.24, 2.45) is 5.41 Å². The van der Waals surface area contributed by atoms with Crippen LogP contribution >= 0.6 is 0 Å².